The Morgan fingerprint density at radius 3 is 2.77 bits per heavy atom. The summed E-state index contributed by atoms with van der Waals surface area (Å²) in [5, 5.41) is 3.20. The Labute approximate surface area is 80.2 Å². The summed E-state index contributed by atoms with van der Waals surface area (Å²) in [6.07, 6.45) is 5.29. The second-order valence-corrected chi connectivity index (χ2v) is 2.68. The van der Waals surface area contributed by atoms with Crippen molar-refractivity contribution in [1.82, 2.24) is 5.32 Å². The third-order valence-electron chi connectivity index (χ3n) is 1.45. The van der Waals surface area contributed by atoms with Crippen molar-refractivity contribution >= 4 is 5.97 Å². The summed E-state index contributed by atoms with van der Waals surface area (Å²) >= 11 is 0. The van der Waals surface area contributed by atoms with Crippen molar-refractivity contribution in [1.29, 1.82) is 0 Å². The maximum absolute atomic E-state index is 10.8. The molecule has 0 aromatic rings. The number of nitrogens with one attached hydrogen (secondary N) is 1. The second kappa shape index (κ2) is 9.26. The maximum atomic E-state index is 10.8. The van der Waals surface area contributed by atoms with Crippen molar-refractivity contribution in [3.63, 3.8) is 0 Å². The van der Waals surface area contributed by atoms with E-state index in [1.807, 2.05) is 19.1 Å². The summed E-state index contributed by atoms with van der Waals surface area (Å²) in [5.74, 6) is -0.158. The van der Waals surface area contributed by atoms with E-state index in [0.29, 0.717) is 13.0 Å². The Bertz CT molecular complexity index is 155. The zero-order valence-corrected chi connectivity index (χ0v) is 8.51. The first-order chi connectivity index (χ1) is 6.31. The van der Waals surface area contributed by atoms with Crippen LogP contribution in [-0.2, 0) is 9.53 Å². The van der Waals surface area contributed by atoms with Crippen LogP contribution in [0.15, 0.2) is 12.2 Å². The summed E-state index contributed by atoms with van der Waals surface area (Å²) in [6.45, 7) is 6.23. The first-order valence-electron chi connectivity index (χ1n) is 4.82. The summed E-state index contributed by atoms with van der Waals surface area (Å²) in [7, 11) is 0. The van der Waals surface area contributed by atoms with Crippen molar-refractivity contribution in [2.45, 2.75) is 26.7 Å². The van der Waals surface area contributed by atoms with Gasteiger partial charge in [0.25, 0.3) is 0 Å². The Morgan fingerprint density at radius 1 is 1.38 bits per heavy atom. The van der Waals surface area contributed by atoms with Crippen LogP contribution in [0.25, 0.3) is 0 Å². The molecular formula is C10H19NO2. The maximum Gasteiger partial charge on any atom is 0.309 e. The number of carbonyl (C=O) groups is 1. The van der Waals surface area contributed by atoms with Crippen LogP contribution in [0.2, 0.25) is 0 Å². The highest BCUT2D eigenvalue weighted by Crippen LogP contribution is 1.87. The predicted octanol–water partition coefficient (Wildman–Crippen LogP) is 1.50. The lowest BCUT2D eigenvalue weighted by Crippen LogP contribution is -2.13. The molecule has 76 valence electrons. The van der Waals surface area contributed by atoms with Gasteiger partial charge in [-0.05, 0) is 19.9 Å². The molecule has 0 rings (SSSR count). The van der Waals surface area contributed by atoms with Crippen LogP contribution in [0.5, 0.6) is 0 Å². The Hall–Kier alpha value is -0.830. The normalized spacial score (nSPS) is 10.6. The third-order valence-corrected chi connectivity index (χ3v) is 1.45. The SMILES string of the molecule is CCCNC/C=C/CC(=O)OCC. The lowest BCUT2D eigenvalue weighted by molar-refractivity contribution is -0.142. The standard InChI is InChI=1S/C10H19NO2/c1-3-8-11-9-6-5-7-10(12)13-4-2/h5-6,11H,3-4,7-9H2,1-2H3/b6-5+. The second-order valence-electron chi connectivity index (χ2n) is 2.68. The van der Waals surface area contributed by atoms with Crippen LogP contribution >= 0.6 is 0 Å². The molecule has 0 aliphatic heterocycles. The largest absolute Gasteiger partial charge is 0.466 e. The molecule has 0 saturated carbocycles. The van der Waals surface area contributed by atoms with Crippen LogP contribution in [0, 0.1) is 0 Å². The van der Waals surface area contributed by atoms with Gasteiger partial charge >= 0.3 is 5.97 Å². The number of esters is 1. The van der Waals surface area contributed by atoms with E-state index in [1.165, 1.54) is 0 Å². The zero-order chi connectivity index (χ0) is 9.94. The molecule has 0 radical (unpaired) electrons. The first-order valence-corrected chi connectivity index (χ1v) is 4.82. The van der Waals surface area contributed by atoms with Crippen molar-refractivity contribution in [3.8, 4) is 0 Å². The highest BCUT2D eigenvalue weighted by molar-refractivity contribution is 5.71. The average molecular weight is 185 g/mol. The monoisotopic (exact) mass is 185 g/mol. The molecule has 0 aliphatic carbocycles. The molecule has 0 aromatic heterocycles. The molecule has 0 aromatic carbocycles. The van der Waals surface area contributed by atoms with Gasteiger partial charge in [0.05, 0.1) is 13.0 Å². The predicted molar refractivity (Wildman–Crippen MR) is 53.6 cm³/mol. The summed E-state index contributed by atoms with van der Waals surface area (Å²) in [6, 6.07) is 0. The number of rotatable bonds is 7. The fraction of sp³-hybridized carbons (Fsp3) is 0.700. The molecule has 0 aliphatic rings. The molecule has 1 N–H and O–H groups in total. The summed E-state index contributed by atoms with van der Waals surface area (Å²) < 4.78 is 4.76. The molecule has 0 atom stereocenters. The first kappa shape index (κ1) is 12.2. The fourth-order valence-electron chi connectivity index (χ4n) is 0.845. The molecule has 3 nitrogen and oxygen atoms in total. The Balaban J connectivity index is 3.25. The highest BCUT2D eigenvalue weighted by atomic mass is 16.5. The van der Waals surface area contributed by atoms with Crippen molar-refractivity contribution in [3.05, 3.63) is 12.2 Å². The van der Waals surface area contributed by atoms with Crippen molar-refractivity contribution in [2.75, 3.05) is 19.7 Å². The van der Waals surface area contributed by atoms with E-state index >= 15 is 0 Å². The smallest absolute Gasteiger partial charge is 0.309 e. The quantitative estimate of drug-likeness (QED) is 0.371. The average Bonchev–Trinajstić information content (AvgIpc) is 2.11. The van der Waals surface area contributed by atoms with Gasteiger partial charge in [-0.3, -0.25) is 4.79 Å². The molecule has 0 heterocycles. The van der Waals surface area contributed by atoms with E-state index in [1.54, 1.807) is 0 Å². The molecule has 0 amide bonds. The van der Waals surface area contributed by atoms with Crippen LogP contribution in [-0.4, -0.2) is 25.7 Å². The highest BCUT2D eigenvalue weighted by Gasteiger charge is 1.94. The van der Waals surface area contributed by atoms with Crippen LogP contribution in [0.3, 0.4) is 0 Å². The number of carbonyl (C=O) groups excluding carboxylic acids is 1. The molecule has 0 spiro atoms. The van der Waals surface area contributed by atoms with E-state index in [-0.39, 0.29) is 5.97 Å². The van der Waals surface area contributed by atoms with E-state index in [0.717, 1.165) is 19.5 Å². The topological polar surface area (TPSA) is 38.3 Å². The van der Waals surface area contributed by atoms with Crippen LogP contribution in [0.1, 0.15) is 26.7 Å². The van der Waals surface area contributed by atoms with Gasteiger partial charge < -0.3 is 10.1 Å². The zero-order valence-electron chi connectivity index (χ0n) is 8.51. The summed E-state index contributed by atoms with van der Waals surface area (Å²) in [5.41, 5.74) is 0. The minimum absolute atomic E-state index is 0.158. The van der Waals surface area contributed by atoms with E-state index in [4.69, 9.17) is 4.74 Å². The van der Waals surface area contributed by atoms with Crippen LogP contribution in [0.4, 0.5) is 0 Å². The molecule has 0 unspecified atom stereocenters. The van der Waals surface area contributed by atoms with Crippen molar-refractivity contribution in [2.24, 2.45) is 0 Å². The number of hydrogen-bond donors (Lipinski definition) is 1. The summed E-state index contributed by atoms with van der Waals surface area (Å²) in [4.78, 5) is 10.8. The Kier molecular flexibility index (Phi) is 8.67. The van der Waals surface area contributed by atoms with Gasteiger partial charge in [-0.2, -0.15) is 0 Å². The van der Waals surface area contributed by atoms with E-state index in [2.05, 4.69) is 12.2 Å². The number of ether oxygens (including phenoxy) is 1. The lowest BCUT2D eigenvalue weighted by atomic mass is 10.3. The van der Waals surface area contributed by atoms with Gasteiger partial charge in [0.1, 0.15) is 0 Å². The van der Waals surface area contributed by atoms with Gasteiger partial charge in [0, 0.05) is 6.54 Å². The van der Waals surface area contributed by atoms with E-state index in [9.17, 15) is 4.79 Å². The fourth-order valence-corrected chi connectivity index (χ4v) is 0.845. The van der Waals surface area contributed by atoms with Gasteiger partial charge in [0.15, 0.2) is 0 Å². The third kappa shape index (κ3) is 9.08. The minimum Gasteiger partial charge on any atom is -0.466 e. The molecule has 0 saturated heterocycles. The van der Waals surface area contributed by atoms with Crippen LogP contribution < -0.4 is 5.32 Å². The lowest BCUT2D eigenvalue weighted by Gasteiger charge is -1.97. The molecule has 0 bridgehead atoms. The minimum atomic E-state index is -0.158. The van der Waals surface area contributed by atoms with Gasteiger partial charge in [-0.1, -0.05) is 19.1 Å². The molecule has 0 fully saturated rings. The number of hydrogen-bond acceptors (Lipinski definition) is 3. The molecule has 3 heteroatoms. The molecular weight excluding hydrogens is 166 g/mol. The van der Waals surface area contributed by atoms with Crippen molar-refractivity contribution < 1.29 is 9.53 Å². The Morgan fingerprint density at radius 2 is 2.15 bits per heavy atom. The molecule has 13 heavy (non-hydrogen) atoms. The van der Waals surface area contributed by atoms with Gasteiger partial charge in [-0.15, -0.1) is 0 Å². The van der Waals surface area contributed by atoms with Gasteiger partial charge in [-0.25, -0.2) is 0 Å². The van der Waals surface area contributed by atoms with E-state index < -0.39 is 0 Å². The van der Waals surface area contributed by atoms with Gasteiger partial charge in [0.2, 0.25) is 0 Å².